The summed E-state index contributed by atoms with van der Waals surface area (Å²) >= 11 is 0. The van der Waals surface area contributed by atoms with Crippen LogP contribution in [0.5, 0.6) is 5.75 Å². The molecule has 3 nitrogen and oxygen atoms in total. The Hall–Kier alpha value is -1.06. The van der Waals surface area contributed by atoms with Crippen molar-refractivity contribution in [2.75, 3.05) is 20.7 Å². The van der Waals surface area contributed by atoms with Gasteiger partial charge in [0.15, 0.2) is 0 Å². The van der Waals surface area contributed by atoms with Crippen LogP contribution in [0.3, 0.4) is 0 Å². The molecule has 0 spiro atoms. The largest absolute Gasteiger partial charge is 0.496 e. The van der Waals surface area contributed by atoms with E-state index in [4.69, 9.17) is 10.5 Å². The van der Waals surface area contributed by atoms with Crippen LogP contribution in [0.15, 0.2) is 24.3 Å². The van der Waals surface area contributed by atoms with Crippen LogP contribution in [0.2, 0.25) is 0 Å². The fourth-order valence-corrected chi connectivity index (χ4v) is 3.88. The second-order valence-electron chi connectivity index (χ2n) is 6.64. The Morgan fingerprint density at radius 2 is 1.95 bits per heavy atom. The molecule has 1 aromatic rings. The van der Waals surface area contributed by atoms with Crippen LogP contribution in [0.4, 0.5) is 0 Å². The lowest BCUT2D eigenvalue weighted by molar-refractivity contribution is 0.0271. The highest BCUT2D eigenvalue weighted by atomic mass is 16.5. The van der Waals surface area contributed by atoms with Crippen LogP contribution < -0.4 is 10.5 Å². The average molecular weight is 276 g/mol. The van der Waals surface area contributed by atoms with E-state index < -0.39 is 0 Å². The monoisotopic (exact) mass is 276 g/mol. The number of benzene rings is 1. The van der Waals surface area contributed by atoms with Crippen molar-refractivity contribution in [2.24, 2.45) is 11.1 Å². The first-order valence-electron chi connectivity index (χ1n) is 7.50. The lowest BCUT2D eigenvalue weighted by Gasteiger charge is -2.48. The predicted octanol–water partition coefficient (Wildman–Crippen LogP) is 3.03. The molecular formula is C17H28N2O. The molecule has 1 saturated carbocycles. The fourth-order valence-electron chi connectivity index (χ4n) is 3.88. The Balaban J connectivity index is 2.24. The van der Waals surface area contributed by atoms with Gasteiger partial charge in [0.25, 0.3) is 0 Å². The number of nitrogens with two attached hydrogens (primary N) is 1. The number of ether oxygens (including phenoxy) is 1. The van der Waals surface area contributed by atoms with Gasteiger partial charge in [-0.1, -0.05) is 38.5 Å². The summed E-state index contributed by atoms with van der Waals surface area (Å²) in [4.78, 5) is 2.44. The summed E-state index contributed by atoms with van der Waals surface area (Å²) in [6.45, 7) is 6.30. The highest BCUT2D eigenvalue weighted by Crippen LogP contribution is 2.49. The minimum absolute atomic E-state index is 0.0911. The van der Waals surface area contributed by atoms with Crippen LogP contribution in [-0.4, -0.2) is 31.1 Å². The first-order chi connectivity index (χ1) is 9.47. The quantitative estimate of drug-likeness (QED) is 0.898. The van der Waals surface area contributed by atoms with Gasteiger partial charge in [0.1, 0.15) is 5.75 Å². The minimum atomic E-state index is 0.0911. The predicted molar refractivity (Wildman–Crippen MR) is 83.9 cm³/mol. The summed E-state index contributed by atoms with van der Waals surface area (Å²) in [5.74, 6) is 0.960. The minimum Gasteiger partial charge on any atom is -0.496 e. The molecule has 0 bridgehead atoms. The number of hydrogen-bond donors (Lipinski definition) is 1. The van der Waals surface area contributed by atoms with Crippen molar-refractivity contribution in [3.05, 3.63) is 29.8 Å². The maximum Gasteiger partial charge on any atom is 0.123 e. The summed E-state index contributed by atoms with van der Waals surface area (Å²) in [5, 5.41) is 0. The number of rotatable bonds is 5. The summed E-state index contributed by atoms with van der Waals surface area (Å²) in [6.07, 6.45) is 3.70. The molecule has 1 unspecified atom stereocenters. The van der Waals surface area contributed by atoms with Crippen molar-refractivity contribution in [3.8, 4) is 5.75 Å². The van der Waals surface area contributed by atoms with Crippen LogP contribution >= 0.6 is 0 Å². The third-order valence-electron chi connectivity index (χ3n) is 5.32. The summed E-state index contributed by atoms with van der Waals surface area (Å²) in [6, 6.07) is 8.25. The average Bonchev–Trinajstić information content (AvgIpc) is 2.75. The Bertz CT molecular complexity index is 458. The molecule has 0 aromatic heterocycles. The summed E-state index contributed by atoms with van der Waals surface area (Å²) < 4.78 is 5.47. The first kappa shape index (κ1) is 15.3. The third-order valence-corrected chi connectivity index (χ3v) is 5.32. The van der Waals surface area contributed by atoms with E-state index in [0.29, 0.717) is 6.54 Å². The Morgan fingerprint density at radius 1 is 1.25 bits per heavy atom. The zero-order valence-electron chi connectivity index (χ0n) is 13.3. The summed E-state index contributed by atoms with van der Waals surface area (Å²) in [5.41, 5.74) is 7.78. The number of methoxy groups -OCH3 is 1. The van der Waals surface area contributed by atoms with Crippen molar-refractivity contribution in [1.29, 1.82) is 0 Å². The lowest BCUT2D eigenvalue weighted by Crippen LogP contribution is -2.58. The zero-order valence-corrected chi connectivity index (χ0v) is 13.3. The van der Waals surface area contributed by atoms with Crippen LogP contribution in [0, 0.1) is 5.41 Å². The van der Waals surface area contributed by atoms with Crippen molar-refractivity contribution in [2.45, 2.75) is 45.2 Å². The van der Waals surface area contributed by atoms with Crippen molar-refractivity contribution < 1.29 is 4.74 Å². The molecule has 0 heterocycles. The van der Waals surface area contributed by atoms with E-state index >= 15 is 0 Å². The molecule has 1 aromatic carbocycles. The van der Waals surface area contributed by atoms with E-state index in [1.54, 1.807) is 7.11 Å². The number of hydrogen-bond acceptors (Lipinski definition) is 3. The van der Waals surface area contributed by atoms with E-state index in [0.717, 1.165) is 12.3 Å². The van der Waals surface area contributed by atoms with Crippen molar-refractivity contribution in [1.82, 2.24) is 4.90 Å². The number of nitrogens with zero attached hydrogens (tertiary/aromatic N) is 1. The highest BCUT2D eigenvalue weighted by molar-refractivity contribution is 5.33. The van der Waals surface area contributed by atoms with Gasteiger partial charge in [0, 0.05) is 24.2 Å². The molecule has 1 aliphatic carbocycles. The molecule has 1 aliphatic rings. The van der Waals surface area contributed by atoms with Crippen LogP contribution in [0.1, 0.15) is 38.7 Å². The molecule has 20 heavy (non-hydrogen) atoms. The standard InChI is InChI=1S/C17H28N2O/c1-16(2)10-7-11-17(16,13-18)19(3)12-14-8-5-6-9-15(14)20-4/h5-6,8-9H,7,10-13,18H2,1-4H3. The SMILES string of the molecule is COc1ccccc1CN(C)C1(CN)CCCC1(C)C. The number of para-hydroxylation sites is 1. The molecule has 0 saturated heterocycles. The molecule has 2 N–H and O–H groups in total. The van der Waals surface area contributed by atoms with E-state index in [2.05, 4.69) is 37.9 Å². The van der Waals surface area contributed by atoms with E-state index in [1.807, 2.05) is 12.1 Å². The lowest BCUT2D eigenvalue weighted by atomic mass is 9.73. The van der Waals surface area contributed by atoms with Gasteiger partial charge in [-0.25, -0.2) is 0 Å². The van der Waals surface area contributed by atoms with Gasteiger partial charge in [0.05, 0.1) is 7.11 Å². The molecule has 0 radical (unpaired) electrons. The van der Waals surface area contributed by atoms with Crippen molar-refractivity contribution >= 4 is 0 Å². The van der Waals surface area contributed by atoms with Gasteiger partial charge in [-0.05, 0) is 31.4 Å². The normalized spacial score (nSPS) is 25.1. The maximum atomic E-state index is 6.20. The molecule has 0 amide bonds. The van der Waals surface area contributed by atoms with Crippen molar-refractivity contribution in [3.63, 3.8) is 0 Å². The topological polar surface area (TPSA) is 38.5 Å². The summed E-state index contributed by atoms with van der Waals surface area (Å²) in [7, 11) is 3.93. The molecular weight excluding hydrogens is 248 g/mol. The van der Waals surface area contributed by atoms with Gasteiger partial charge in [-0.2, -0.15) is 0 Å². The maximum absolute atomic E-state index is 6.20. The van der Waals surface area contributed by atoms with Gasteiger partial charge in [-0.3, -0.25) is 4.90 Å². The van der Waals surface area contributed by atoms with E-state index in [-0.39, 0.29) is 11.0 Å². The van der Waals surface area contributed by atoms with Gasteiger partial charge in [-0.15, -0.1) is 0 Å². The molecule has 1 fully saturated rings. The van der Waals surface area contributed by atoms with Gasteiger partial charge >= 0.3 is 0 Å². The van der Waals surface area contributed by atoms with Crippen LogP contribution in [0.25, 0.3) is 0 Å². The molecule has 2 rings (SSSR count). The Kier molecular flexibility index (Phi) is 4.40. The van der Waals surface area contributed by atoms with Gasteiger partial charge < -0.3 is 10.5 Å². The second kappa shape index (κ2) is 5.74. The third kappa shape index (κ3) is 2.45. The fraction of sp³-hybridized carbons (Fsp3) is 0.647. The van der Waals surface area contributed by atoms with Gasteiger partial charge in [0.2, 0.25) is 0 Å². The zero-order chi connectivity index (χ0) is 14.8. The molecule has 0 aliphatic heterocycles. The number of likely N-dealkylation sites (N-methyl/N-ethyl adjacent to an activating group) is 1. The molecule has 1 atom stereocenters. The molecule has 3 heteroatoms. The smallest absolute Gasteiger partial charge is 0.123 e. The Morgan fingerprint density at radius 3 is 2.50 bits per heavy atom. The highest BCUT2D eigenvalue weighted by Gasteiger charge is 2.50. The first-order valence-corrected chi connectivity index (χ1v) is 7.50. The van der Waals surface area contributed by atoms with E-state index in [1.165, 1.54) is 24.8 Å². The molecule has 112 valence electrons. The Labute approximate surface area is 123 Å². The van der Waals surface area contributed by atoms with Crippen LogP contribution in [-0.2, 0) is 6.54 Å². The van der Waals surface area contributed by atoms with E-state index in [9.17, 15) is 0 Å². The second-order valence-corrected chi connectivity index (χ2v) is 6.64.